The Labute approximate surface area is 90.7 Å². The van der Waals surface area contributed by atoms with Gasteiger partial charge in [0, 0.05) is 10.9 Å². The number of ketones is 1. The average molecular weight is 253 g/mol. The number of hydrogen-bond acceptors (Lipinski definition) is 2. The lowest BCUT2D eigenvalue weighted by atomic mass is 10.1. The van der Waals surface area contributed by atoms with Crippen molar-refractivity contribution < 1.29 is 9.53 Å². The Hall–Kier alpha value is -1.09. The first kappa shape index (κ1) is 9.46. The molecule has 0 aliphatic carbocycles. The molecule has 1 aromatic carbocycles. The summed E-state index contributed by atoms with van der Waals surface area (Å²) >= 11 is 3.37. The molecule has 0 saturated carbocycles. The van der Waals surface area contributed by atoms with E-state index in [1.165, 1.54) is 6.08 Å². The molecule has 2 nitrogen and oxygen atoms in total. The summed E-state index contributed by atoms with van der Waals surface area (Å²) in [6.45, 7) is 4.13. The second-order valence-corrected chi connectivity index (χ2v) is 4.02. The zero-order valence-corrected chi connectivity index (χ0v) is 9.13. The van der Waals surface area contributed by atoms with E-state index in [4.69, 9.17) is 4.74 Å². The third-order valence-electron chi connectivity index (χ3n) is 2.20. The highest BCUT2D eigenvalue weighted by molar-refractivity contribution is 9.10. The molecule has 0 amide bonds. The predicted molar refractivity (Wildman–Crippen MR) is 57.9 cm³/mol. The third kappa shape index (κ3) is 1.48. The molecule has 14 heavy (non-hydrogen) atoms. The van der Waals surface area contributed by atoms with Crippen molar-refractivity contribution in [1.29, 1.82) is 0 Å². The van der Waals surface area contributed by atoms with Crippen LogP contribution in [0.2, 0.25) is 0 Å². The van der Waals surface area contributed by atoms with Crippen molar-refractivity contribution >= 4 is 21.7 Å². The zero-order valence-electron chi connectivity index (χ0n) is 7.55. The molecule has 2 rings (SSSR count). The van der Waals surface area contributed by atoms with E-state index >= 15 is 0 Å². The number of carbonyl (C=O) groups excluding carboxylic acids is 1. The monoisotopic (exact) mass is 252 g/mol. The first-order chi connectivity index (χ1) is 6.72. The fourth-order valence-electron chi connectivity index (χ4n) is 1.56. The van der Waals surface area contributed by atoms with Gasteiger partial charge in [0.25, 0.3) is 0 Å². The van der Waals surface area contributed by atoms with E-state index in [0.29, 0.717) is 12.2 Å². The van der Waals surface area contributed by atoms with E-state index in [1.54, 1.807) is 6.07 Å². The molecule has 72 valence electrons. The van der Waals surface area contributed by atoms with Crippen LogP contribution >= 0.6 is 15.9 Å². The highest BCUT2D eigenvalue weighted by atomic mass is 79.9. The van der Waals surface area contributed by atoms with Gasteiger partial charge in [-0.05, 0) is 23.8 Å². The lowest BCUT2D eigenvalue weighted by Crippen LogP contribution is -1.98. The van der Waals surface area contributed by atoms with E-state index in [0.717, 1.165) is 22.2 Å². The normalized spacial score (nSPS) is 13.2. The molecule has 0 spiro atoms. The molecule has 0 saturated heterocycles. The summed E-state index contributed by atoms with van der Waals surface area (Å²) in [6, 6.07) is 3.76. The predicted octanol–water partition coefficient (Wildman–Crippen LogP) is 2.75. The van der Waals surface area contributed by atoms with Crippen molar-refractivity contribution in [3.63, 3.8) is 0 Å². The van der Waals surface area contributed by atoms with Crippen molar-refractivity contribution in [2.75, 3.05) is 6.61 Å². The van der Waals surface area contributed by atoms with Crippen LogP contribution in [0.4, 0.5) is 0 Å². The van der Waals surface area contributed by atoms with Gasteiger partial charge in [-0.25, -0.2) is 0 Å². The first-order valence-corrected chi connectivity index (χ1v) is 5.13. The van der Waals surface area contributed by atoms with E-state index in [-0.39, 0.29) is 5.78 Å². The van der Waals surface area contributed by atoms with E-state index in [9.17, 15) is 4.79 Å². The van der Waals surface area contributed by atoms with Gasteiger partial charge < -0.3 is 4.74 Å². The Morgan fingerprint density at radius 2 is 2.36 bits per heavy atom. The van der Waals surface area contributed by atoms with E-state index in [2.05, 4.69) is 22.5 Å². The maximum atomic E-state index is 11.5. The van der Waals surface area contributed by atoms with Crippen molar-refractivity contribution in [2.45, 2.75) is 6.42 Å². The Morgan fingerprint density at radius 3 is 3.07 bits per heavy atom. The van der Waals surface area contributed by atoms with Crippen molar-refractivity contribution in [3.8, 4) is 5.75 Å². The van der Waals surface area contributed by atoms with Gasteiger partial charge in [-0.3, -0.25) is 4.79 Å². The van der Waals surface area contributed by atoms with Gasteiger partial charge in [0.1, 0.15) is 5.75 Å². The Balaban J connectivity index is 2.59. The number of hydrogen-bond donors (Lipinski definition) is 0. The standard InChI is InChI=1S/C11H9BrO2/c1-2-10(13)9-6-8(12)5-7-3-4-14-11(7)9/h2,5-6H,1,3-4H2. The SMILES string of the molecule is C=CC(=O)c1cc(Br)cc2c1OCC2. The van der Waals surface area contributed by atoms with Gasteiger partial charge >= 0.3 is 0 Å². The Morgan fingerprint density at radius 1 is 1.57 bits per heavy atom. The fraction of sp³-hybridized carbons (Fsp3) is 0.182. The van der Waals surface area contributed by atoms with Crippen LogP contribution in [0.1, 0.15) is 15.9 Å². The first-order valence-electron chi connectivity index (χ1n) is 4.34. The third-order valence-corrected chi connectivity index (χ3v) is 2.66. The van der Waals surface area contributed by atoms with Crippen LogP contribution < -0.4 is 4.74 Å². The second-order valence-electron chi connectivity index (χ2n) is 3.11. The summed E-state index contributed by atoms with van der Waals surface area (Å²) < 4.78 is 6.33. The van der Waals surface area contributed by atoms with Gasteiger partial charge in [0.05, 0.1) is 12.2 Å². The molecular formula is C11H9BrO2. The summed E-state index contributed by atoms with van der Waals surface area (Å²) in [5.41, 5.74) is 1.69. The maximum absolute atomic E-state index is 11.5. The highest BCUT2D eigenvalue weighted by Crippen LogP contribution is 2.33. The van der Waals surface area contributed by atoms with E-state index < -0.39 is 0 Å². The minimum absolute atomic E-state index is 0.0931. The zero-order chi connectivity index (χ0) is 10.1. The summed E-state index contributed by atoms with van der Waals surface area (Å²) in [6.07, 6.45) is 2.18. The molecule has 1 aromatic rings. The number of fused-ring (bicyclic) bond motifs is 1. The second kappa shape index (κ2) is 3.58. The van der Waals surface area contributed by atoms with Gasteiger partial charge in [-0.15, -0.1) is 0 Å². The van der Waals surface area contributed by atoms with Crippen LogP contribution in [0.25, 0.3) is 0 Å². The van der Waals surface area contributed by atoms with Crippen molar-refractivity contribution in [3.05, 3.63) is 40.4 Å². The molecule has 0 N–H and O–H groups in total. The Bertz CT molecular complexity index is 410. The smallest absolute Gasteiger partial charge is 0.189 e. The maximum Gasteiger partial charge on any atom is 0.189 e. The highest BCUT2D eigenvalue weighted by Gasteiger charge is 2.20. The van der Waals surface area contributed by atoms with Gasteiger partial charge in [-0.1, -0.05) is 22.5 Å². The van der Waals surface area contributed by atoms with E-state index in [1.807, 2.05) is 6.07 Å². The minimum Gasteiger partial charge on any atom is -0.492 e. The van der Waals surface area contributed by atoms with Gasteiger partial charge in [0.15, 0.2) is 5.78 Å². The average Bonchev–Trinajstić information content (AvgIpc) is 2.62. The summed E-state index contributed by atoms with van der Waals surface area (Å²) in [7, 11) is 0. The molecular weight excluding hydrogens is 244 g/mol. The van der Waals surface area contributed by atoms with Crippen LogP contribution in [0.3, 0.4) is 0 Å². The molecule has 1 aliphatic heterocycles. The number of halogens is 1. The van der Waals surface area contributed by atoms with Gasteiger partial charge in [0.2, 0.25) is 0 Å². The molecule has 0 fully saturated rings. The topological polar surface area (TPSA) is 26.3 Å². The molecule has 0 atom stereocenters. The van der Waals surface area contributed by atoms with Crippen LogP contribution in [-0.4, -0.2) is 12.4 Å². The minimum atomic E-state index is -0.0931. The largest absolute Gasteiger partial charge is 0.492 e. The molecule has 0 unspecified atom stereocenters. The Kier molecular flexibility index (Phi) is 2.42. The number of allylic oxidation sites excluding steroid dienone is 1. The number of rotatable bonds is 2. The van der Waals surface area contributed by atoms with Crippen LogP contribution in [0.5, 0.6) is 5.75 Å². The number of carbonyl (C=O) groups is 1. The summed E-state index contributed by atoms with van der Waals surface area (Å²) in [5, 5.41) is 0. The quantitative estimate of drug-likeness (QED) is 0.598. The van der Waals surface area contributed by atoms with Crippen molar-refractivity contribution in [1.82, 2.24) is 0 Å². The molecule has 1 aliphatic rings. The number of benzene rings is 1. The van der Waals surface area contributed by atoms with Crippen LogP contribution in [0.15, 0.2) is 29.3 Å². The molecule has 0 aromatic heterocycles. The molecule has 0 radical (unpaired) electrons. The number of ether oxygens (including phenoxy) is 1. The van der Waals surface area contributed by atoms with Crippen LogP contribution in [0, 0.1) is 0 Å². The molecule has 1 heterocycles. The lowest BCUT2D eigenvalue weighted by molar-refractivity contribution is 0.104. The molecule has 0 bridgehead atoms. The molecule has 3 heteroatoms. The fourth-order valence-corrected chi connectivity index (χ4v) is 2.07. The lowest BCUT2D eigenvalue weighted by Gasteiger charge is -2.05. The van der Waals surface area contributed by atoms with Gasteiger partial charge in [-0.2, -0.15) is 0 Å². The van der Waals surface area contributed by atoms with Crippen molar-refractivity contribution in [2.24, 2.45) is 0 Å². The van der Waals surface area contributed by atoms with Crippen LogP contribution in [-0.2, 0) is 6.42 Å². The summed E-state index contributed by atoms with van der Waals surface area (Å²) in [5.74, 6) is 0.627. The summed E-state index contributed by atoms with van der Waals surface area (Å²) in [4.78, 5) is 11.5.